The lowest BCUT2D eigenvalue weighted by Crippen LogP contribution is -2.40. The van der Waals surface area contributed by atoms with Crippen molar-refractivity contribution in [2.24, 2.45) is 0 Å². The lowest BCUT2D eigenvalue weighted by atomic mass is 10.0. The van der Waals surface area contributed by atoms with Crippen molar-refractivity contribution in [2.45, 2.75) is 20.0 Å². The van der Waals surface area contributed by atoms with E-state index in [9.17, 15) is 18.0 Å². The molecule has 0 atom stereocenters. The molecule has 0 unspecified atom stereocenters. The van der Waals surface area contributed by atoms with Crippen molar-refractivity contribution in [3.05, 3.63) is 34.9 Å². The van der Waals surface area contributed by atoms with Crippen molar-refractivity contribution >= 4 is 21.8 Å². The number of carbonyl (C=O) groups is 1. The monoisotopic (exact) mass is 337 g/mol. The van der Waals surface area contributed by atoms with Crippen molar-refractivity contribution in [3.8, 4) is 0 Å². The smallest absolute Gasteiger partial charge is 0.329 e. The minimum atomic E-state index is -4.39. The maximum Gasteiger partial charge on any atom is 0.406 e. The van der Waals surface area contributed by atoms with E-state index in [-0.39, 0.29) is 6.54 Å². The van der Waals surface area contributed by atoms with Crippen LogP contribution in [-0.4, -0.2) is 35.4 Å². The van der Waals surface area contributed by atoms with Crippen molar-refractivity contribution in [3.63, 3.8) is 0 Å². The zero-order valence-electron chi connectivity index (χ0n) is 10.7. The quantitative estimate of drug-likeness (QED) is 0.767. The molecule has 0 saturated carbocycles. The third-order valence-corrected chi connectivity index (χ3v) is 3.20. The number of hydrogen-bond acceptors (Lipinski definition) is 1. The predicted octanol–water partition coefficient (Wildman–Crippen LogP) is 3.70. The average molecular weight is 338 g/mol. The van der Waals surface area contributed by atoms with Crippen LogP contribution in [0.1, 0.15) is 21.5 Å². The molecule has 106 valence electrons. The molecule has 1 rings (SSSR count). The van der Waals surface area contributed by atoms with Crippen LogP contribution in [0.4, 0.5) is 13.2 Å². The highest BCUT2D eigenvalue weighted by Crippen LogP contribution is 2.20. The summed E-state index contributed by atoms with van der Waals surface area (Å²) >= 11 is 3.07. The number of alkyl halides is 4. The second kappa shape index (κ2) is 6.41. The summed E-state index contributed by atoms with van der Waals surface area (Å²) in [6.07, 6.45) is -4.39. The molecule has 0 fully saturated rings. The van der Waals surface area contributed by atoms with E-state index in [0.717, 1.165) is 10.5 Å². The molecule has 0 aliphatic heterocycles. The molecule has 19 heavy (non-hydrogen) atoms. The summed E-state index contributed by atoms with van der Waals surface area (Å²) in [6, 6.07) is 5.06. The summed E-state index contributed by atoms with van der Waals surface area (Å²) < 4.78 is 37.4. The fraction of sp³-hybridized carbons (Fsp3) is 0.462. The van der Waals surface area contributed by atoms with E-state index in [2.05, 4.69) is 15.9 Å². The normalized spacial score (nSPS) is 11.5. The van der Waals surface area contributed by atoms with Crippen LogP contribution in [0.3, 0.4) is 0 Å². The molecule has 0 aromatic heterocycles. The van der Waals surface area contributed by atoms with Crippen molar-refractivity contribution in [2.75, 3.05) is 18.4 Å². The van der Waals surface area contributed by atoms with Crippen molar-refractivity contribution in [1.29, 1.82) is 0 Å². The maximum absolute atomic E-state index is 12.5. The Balaban J connectivity index is 3.02. The highest BCUT2D eigenvalue weighted by atomic mass is 79.9. The Labute approximate surface area is 118 Å². The van der Waals surface area contributed by atoms with Gasteiger partial charge in [-0.3, -0.25) is 4.79 Å². The Morgan fingerprint density at radius 3 is 2.47 bits per heavy atom. The topological polar surface area (TPSA) is 20.3 Å². The van der Waals surface area contributed by atoms with Gasteiger partial charge < -0.3 is 4.90 Å². The Morgan fingerprint density at radius 2 is 1.95 bits per heavy atom. The van der Waals surface area contributed by atoms with E-state index >= 15 is 0 Å². The average Bonchev–Trinajstić information content (AvgIpc) is 2.30. The molecule has 0 radical (unpaired) electrons. The number of hydrogen-bond donors (Lipinski definition) is 0. The summed E-state index contributed by atoms with van der Waals surface area (Å²) in [7, 11) is 0. The lowest BCUT2D eigenvalue weighted by molar-refractivity contribution is -0.140. The van der Waals surface area contributed by atoms with Crippen LogP contribution in [0.25, 0.3) is 0 Å². The van der Waals surface area contributed by atoms with Crippen LogP contribution in [-0.2, 0) is 0 Å². The Hall–Kier alpha value is -1.04. The van der Waals surface area contributed by atoms with Gasteiger partial charge in [-0.1, -0.05) is 28.1 Å². The third-order valence-electron chi connectivity index (χ3n) is 2.85. The number of nitrogens with zero attached hydrogens (tertiary/aromatic N) is 1. The third kappa shape index (κ3) is 4.53. The molecule has 0 bridgehead atoms. The number of carbonyl (C=O) groups excluding carboxylic acids is 1. The second-order valence-corrected chi connectivity index (χ2v) is 5.07. The largest absolute Gasteiger partial charge is 0.406 e. The summed E-state index contributed by atoms with van der Waals surface area (Å²) in [4.78, 5) is 13.0. The van der Waals surface area contributed by atoms with E-state index in [1.165, 1.54) is 0 Å². The zero-order valence-corrected chi connectivity index (χ0v) is 12.3. The van der Waals surface area contributed by atoms with Gasteiger partial charge in [0.1, 0.15) is 6.54 Å². The first-order valence-electron chi connectivity index (χ1n) is 5.74. The number of rotatable bonds is 4. The van der Waals surface area contributed by atoms with Gasteiger partial charge in [-0.25, -0.2) is 0 Å². The molecule has 0 heterocycles. The van der Waals surface area contributed by atoms with Gasteiger partial charge in [0, 0.05) is 17.4 Å². The first-order valence-corrected chi connectivity index (χ1v) is 6.86. The fourth-order valence-corrected chi connectivity index (χ4v) is 2.15. The van der Waals surface area contributed by atoms with Gasteiger partial charge >= 0.3 is 6.18 Å². The molecule has 0 spiro atoms. The van der Waals surface area contributed by atoms with Crippen LogP contribution < -0.4 is 0 Å². The first kappa shape index (κ1) is 16.0. The van der Waals surface area contributed by atoms with Gasteiger partial charge in [0.15, 0.2) is 0 Å². The SMILES string of the molecule is Cc1cccc(C(=O)N(CCBr)CC(F)(F)F)c1C. The molecule has 1 aromatic carbocycles. The summed E-state index contributed by atoms with van der Waals surface area (Å²) in [6.45, 7) is 2.35. The van der Waals surface area contributed by atoms with E-state index in [4.69, 9.17) is 0 Å². The molecule has 0 N–H and O–H groups in total. The van der Waals surface area contributed by atoms with Gasteiger partial charge in [-0.2, -0.15) is 13.2 Å². The minimum absolute atomic E-state index is 0.0196. The van der Waals surface area contributed by atoms with Crippen molar-refractivity contribution in [1.82, 2.24) is 4.90 Å². The summed E-state index contributed by atoms with van der Waals surface area (Å²) in [5.74, 6) is -0.585. The van der Waals surface area contributed by atoms with Crippen LogP contribution in [0.2, 0.25) is 0 Å². The van der Waals surface area contributed by atoms with Gasteiger partial charge in [0.2, 0.25) is 0 Å². The number of aryl methyl sites for hydroxylation is 1. The molecular weight excluding hydrogens is 323 g/mol. The van der Waals surface area contributed by atoms with Crippen LogP contribution in [0.15, 0.2) is 18.2 Å². The van der Waals surface area contributed by atoms with E-state index in [0.29, 0.717) is 16.5 Å². The minimum Gasteiger partial charge on any atom is -0.329 e. The van der Waals surface area contributed by atoms with Gasteiger partial charge in [-0.05, 0) is 31.0 Å². The Morgan fingerprint density at radius 1 is 1.32 bits per heavy atom. The number of halogens is 4. The molecule has 2 nitrogen and oxygen atoms in total. The molecule has 0 aliphatic rings. The predicted molar refractivity (Wildman–Crippen MR) is 71.7 cm³/mol. The molecule has 0 saturated heterocycles. The number of amides is 1. The van der Waals surface area contributed by atoms with Gasteiger partial charge in [0.05, 0.1) is 0 Å². The highest BCUT2D eigenvalue weighted by Gasteiger charge is 2.33. The summed E-state index contributed by atoms with van der Waals surface area (Å²) in [5, 5.41) is 0.305. The van der Waals surface area contributed by atoms with E-state index < -0.39 is 18.6 Å². The van der Waals surface area contributed by atoms with Gasteiger partial charge in [0.25, 0.3) is 5.91 Å². The Kier molecular flexibility index (Phi) is 5.40. The lowest BCUT2D eigenvalue weighted by Gasteiger charge is -2.24. The fourth-order valence-electron chi connectivity index (χ4n) is 1.72. The van der Waals surface area contributed by atoms with Crippen molar-refractivity contribution < 1.29 is 18.0 Å². The van der Waals surface area contributed by atoms with Crippen LogP contribution >= 0.6 is 15.9 Å². The highest BCUT2D eigenvalue weighted by molar-refractivity contribution is 9.09. The molecule has 6 heteroatoms. The van der Waals surface area contributed by atoms with Gasteiger partial charge in [-0.15, -0.1) is 0 Å². The van der Waals surface area contributed by atoms with Crippen LogP contribution in [0.5, 0.6) is 0 Å². The second-order valence-electron chi connectivity index (χ2n) is 4.28. The molecule has 0 aliphatic carbocycles. The van der Waals surface area contributed by atoms with Crippen LogP contribution in [0, 0.1) is 13.8 Å². The zero-order chi connectivity index (χ0) is 14.6. The van der Waals surface area contributed by atoms with E-state index in [1.807, 2.05) is 13.0 Å². The maximum atomic E-state index is 12.5. The first-order chi connectivity index (χ1) is 8.76. The standard InChI is InChI=1S/C13H15BrF3NO/c1-9-4-3-5-11(10(9)2)12(19)18(7-6-14)8-13(15,16)17/h3-5H,6-8H2,1-2H3. The molecule has 1 amide bonds. The molecule has 1 aromatic rings. The Bertz CT molecular complexity index is 460. The molecular formula is C13H15BrF3NO. The number of benzene rings is 1. The van der Waals surface area contributed by atoms with E-state index in [1.54, 1.807) is 19.1 Å². The summed E-state index contributed by atoms with van der Waals surface area (Å²) in [5.41, 5.74) is 1.93.